The van der Waals surface area contributed by atoms with Gasteiger partial charge in [0.05, 0.1) is 5.69 Å². The van der Waals surface area contributed by atoms with E-state index in [0.717, 1.165) is 12.2 Å². The molecule has 2 aromatic rings. The number of rotatable bonds is 3. The lowest BCUT2D eigenvalue weighted by Gasteiger charge is -2.04. The smallest absolute Gasteiger partial charge is 0.298 e. The van der Waals surface area contributed by atoms with Gasteiger partial charge in [0.2, 0.25) is 0 Å². The van der Waals surface area contributed by atoms with Crippen molar-refractivity contribution in [1.29, 1.82) is 0 Å². The largest absolute Gasteiger partial charge is 0.428 e. The first-order valence-electron chi connectivity index (χ1n) is 4.74. The molecular weight excluding hydrogens is 246 g/mol. The Hall–Kier alpha value is -1.33. The van der Waals surface area contributed by atoms with Crippen LogP contribution in [0.1, 0.15) is 12.7 Å². The quantitative estimate of drug-likeness (QED) is 0.856. The van der Waals surface area contributed by atoms with E-state index in [4.69, 9.17) is 22.1 Å². The zero-order chi connectivity index (χ0) is 11.5. The maximum atomic E-state index is 5.85. The molecule has 0 bridgehead atoms. The predicted molar refractivity (Wildman–Crippen MR) is 65.2 cm³/mol. The van der Waals surface area contributed by atoms with Crippen LogP contribution in [0, 0.1) is 0 Å². The van der Waals surface area contributed by atoms with Crippen molar-refractivity contribution in [3.05, 3.63) is 29.0 Å². The zero-order valence-electron chi connectivity index (χ0n) is 8.61. The number of hydrogen-bond acceptors (Lipinski definition) is 5. The van der Waals surface area contributed by atoms with Crippen molar-refractivity contribution in [3.8, 4) is 10.9 Å². The molecule has 0 amide bonds. The van der Waals surface area contributed by atoms with Gasteiger partial charge in [-0.15, -0.1) is 0 Å². The van der Waals surface area contributed by atoms with Crippen molar-refractivity contribution < 1.29 is 4.74 Å². The van der Waals surface area contributed by atoms with Crippen LogP contribution in [0.2, 0.25) is 5.02 Å². The van der Waals surface area contributed by atoms with Gasteiger partial charge in [-0.2, -0.15) is 9.36 Å². The Morgan fingerprint density at radius 3 is 3.00 bits per heavy atom. The summed E-state index contributed by atoms with van der Waals surface area (Å²) in [7, 11) is 0. The Balaban J connectivity index is 2.22. The summed E-state index contributed by atoms with van der Waals surface area (Å²) in [4.78, 5) is 4.18. The van der Waals surface area contributed by atoms with Gasteiger partial charge in [-0.1, -0.05) is 18.5 Å². The summed E-state index contributed by atoms with van der Waals surface area (Å²) < 4.78 is 9.62. The van der Waals surface area contributed by atoms with Crippen molar-refractivity contribution >= 4 is 28.8 Å². The first kappa shape index (κ1) is 11.2. The molecule has 0 saturated heterocycles. The van der Waals surface area contributed by atoms with Gasteiger partial charge >= 0.3 is 0 Å². The van der Waals surface area contributed by atoms with E-state index in [1.165, 1.54) is 11.5 Å². The fraction of sp³-hybridized carbons (Fsp3) is 0.200. The van der Waals surface area contributed by atoms with Crippen LogP contribution in [-0.2, 0) is 6.42 Å². The molecule has 84 valence electrons. The highest BCUT2D eigenvalue weighted by molar-refractivity contribution is 7.07. The molecule has 0 saturated carbocycles. The fourth-order valence-corrected chi connectivity index (χ4v) is 1.90. The van der Waals surface area contributed by atoms with Gasteiger partial charge in [0.25, 0.3) is 5.19 Å². The maximum Gasteiger partial charge on any atom is 0.298 e. The number of nitrogens with zero attached hydrogens (tertiary/aromatic N) is 2. The first-order chi connectivity index (χ1) is 7.69. The van der Waals surface area contributed by atoms with E-state index in [1.807, 2.05) is 6.92 Å². The average Bonchev–Trinajstić information content (AvgIpc) is 2.71. The third kappa shape index (κ3) is 2.43. The highest BCUT2D eigenvalue weighted by Crippen LogP contribution is 2.30. The number of nitrogen functional groups attached to an aromatic ring is 1. The monoisotopic (exact) mass is 255 g/mol. The van der Waals surface area contributed by atoms with Crippen LogP contribution in [0.15, 0.2) is 18.2 Å². The number of anilines is 1. The number of aromatic nitrogens is 2. The minimum Gasteiger partial charge on any atom is -0.428 e. The van der Waals surface area contributed by atoms with Gasteiger partial charge in [-0.3, -0.25) is 0 Å². The topological polar surface area (TPSA) is 61.0 Å². The van der Waals surface area contributed by atoms with E-state index in [1.54, 1.807) is 18.2 Å². The molecule has 6 heteroatoms. The second kappa shape index (κ2) is 4.67. The molecule has 0 aliphatic carbocycles. The van der Waals surface area contributed by atoms with E-state index in [-0.39, 0.29) is 0 Å². The van der Waals surface area contributed by atoms with Gasteiger partial charge in [0.1, 0.15) is 5.82 Å². The molecule has 0 unspecified atom stereocenters. The molecule has 0 spiro atoms. The van der Waals surface area contributed by atoms with Crippen molar-refractivity contribution in [1.82, 2.24) is 9.36 Å². The summed E-state index contributed by atoms with van der Waals surface area (Å²) in [5.74, 6) is 1.27. The molecule has 2 N–H and O–H groups in total. The minimum atomic E-state index is 0.478. The Bertz CT molecular complexity index is 501. The predicted octanol–water partition coefficient (Wildman–Crippen LogP) is 3.13. The number of nitrogens with two attached hydrogens (primary N) is 1. The Morgan fingerprint density at radius 1 is 1.50 bits per heavy atom. The number of hydrogen-bond donors (Lipinski definition) is 1. The van der Waals surface area contributed by atoms with Gasteiger partial charge in [0.15, 0.2) is 5.75 Å². The summed E-state index contributed by atoms with van der Waals surface area (Å²) in [5.41, 5.74) is 6.27. The Kier molecular flexibility index (Phi) is 3.26. The summed E-state index contributed by atoms with van der Waals surface area (Å²) in [6.45, 7) is 1.99. The molecule has 1 aromatic carbocycles. The summed E-state index contributed by atoms with van der Waals surface area (Å²) in [6.07, 6.45) is 0.783. The fourth-order valence-electron chi connectivity index (χ4n) is 1.11. The lowest BCUT2D eigenvalue weighted by atomic mass is 10.3. The van der Waals surface area contributed by atoms with Crippen LogP contribution in [0.25, 0.3) is 0 Å². The van der Waals surface area contributed by atoms with Gasteiger partial charge < -0.3 is 10.5 Å². The third-order valence-electron chi connectivity index (χ3n) is 1.94. The number of benzene rings is 1. The van der Waals surface area contributed by atoms with E-state index in [0.29, 0.717) is 21.7 Å². The van der Waals surface area contributed by atoms with Gasteiger partial charge in [-0.25, -0.2) is 0 Å². The molecule has 16 heavy (non-hydrogen) atoms. The second-order valence-corrected chi connectivity index (χ2v) is 4.27. The third-order valence-corrected chi connectivity index (χ3v) is 2.81. The summed E-state index contributed by atoms with van der Waals surface area (Å²) in [6, 6.07) is 5.06. The zero-order valence-corrected chi connectivity index (χ0v) is 10.2. The maximum absolute atomic E-state index is 5.85. The van der Waals surface area contributed by atoms with Crippen LogP contribution in [0.3, 0.4) is 0 Å². The molecule has 0 aliphatic heterocycles. The molecule has 0 atom stereocenters. The highest BCUT2D eigenvalue weighted by atomic mass is 35.5. The second-order valence-electron chi connectivity index (χ2n) is 3.11. The number of halogens is 1. The van der Waals surface area contributed by atoms with Gasteiger partial charge in [-0.05, 0) is 12.1 Å². The van der Waals surface area contributed by atoms with Crippen LogP contribution in [0.5, 0.6) is 10.9 Å². The molecule has 0 radical (unpaired) electrons. The SMILES string of the molecule is CCc1nsc(Oc2cc(Cl)ccc2N)n1. The standard InChI is InChI=1S/C10H10ClN3OS/c1-2-9-13-10(16-14-9)15-8-5-6(11)3-4-7(8)12/h3-5H,2,12H2,1H3. The molecule has 0 fully saturated rings. The molecule has 1 heterocycles. The molecule has 2 rings (SSSR count). The van der Waals surface area contributed by atoms with E-state index in [2.05, 4.69) is 9.36 Å². The van der Waals surface area contributed by atoms with E-state index < -0.39 is 0 Å². The molecule has 4 nitrogen and oxygen atoms in total. The van der Waals surface area contributed by atoms with E-state index >= 15 is 0 Å². The Morgan fingerprint density at radius 2 is 2.31 bits per heavy atom. The molecule has 1 aromatic heterocycles. The van der Waals surface area contributed by atoms with Crippen molar-refractivity contribution in [2.24, 2.45) is 0 Å². The minimum absolute atomic E-state index is 0.478. The lowest BCUT2D eigenvalue weighted by molar-refractivity contribution is 0.479. The molecule has 0 aliphatic rings. The Labute approximate surface area is 102 Å². The van der Waals surface area contributed by atoms with Crippen molar-refractivity contribution in [2.75, 3.05) is 5.73 Å². The number of aryl methyl sites for hydroxylation is 1. The van der Waals surface area contributed by atoms with Crippen LogP contribution >= 0.6 is 23.1 Å². The normalized spacial score (nSPS) is 10.4. The lowest BCUT2D eigenvalue weighted by Crippen LogP contribution is -1.91. The summed E-state index contributed by atoms with van der Waals surface area (Å²) >= 11 is 7.05. The van der Waals surface area contributed by atoms with Gasteiger partial charge in [0, 0.05) is 29.0 Å². The van der Waals surface area contributed by atoms with Crippen molar-refractivity contribution in [3.63, 3.8) is 0 Å². The van der Waals surface area contributed by atoms with Crippen molar-refractivity contribution in [2.45, 2.75) is 13.3 Å². The van der Waals surface area contributed by atoms with Crippen LogP contribution in [-0.4, -0.2) is 9.36 Å². The first-order valence-corrected chi connectivity index (χ1v) is 5.89. The van der Waals surface area contributed by atoms with Crippen LogP contribution < -0.4 is 10.5 Å². The summed E-state index contributed by atoms with van der Waals surface area (Å²) in [5, 5.41) is 1.05. The van der Waals surface area contributed by atoms with Crippen LogP contribution in [0.4, 0.5) is 5.69 Å². The van der Waals surface area contributed by atoms with E-state index in [9.17, 15) is 0 Å². The average molecular weight is 256 g/mol. The molecular formula is C10H10ClN3OS. The highest BCUT2D eigenvalue weighted by Gasteiger charge is 2.07. The number of ether oxygens (including phenoxy) is 1.